The van der Waals surface area contributed by atoms with Gasteiger partial charge in [-0.2, -0.15) is 4.39 Å². The first-order valence-corrected chi connectivity index (χ1v) is 5.90. The van der Waals surface area contributed by atoms with Gasteiger partial charge in [0.15, 0.2) is 0 Å². The monoisotopic (exact) mass is 235 g/mol. The number of fused-ring (bicyclic) bond motifs is 2. The number of rotatable bonds is 1. The predicted octanol–water partition coefficient (Wildman–Crippen LogP) is 0.797. The fourth-order valence-corrected chi connectivity index (χ4v) is 2.76. The molecular weight excluding hydrogens is 221 g/mol. The van der Waals surface area contributed by atoms with Crippen molar-refractivity contribution < 1.29 is 9.18 Å². The molecule has 0 saturated carbocycles. The quantitative estimate of drug-likeness (QED) is 0.732. The summed E-state index contributed by atoms with van der Waals surface area (Å²) < 4.78 is 12.7. The Balaban J connectivity index is 1.84. The molecule has 2 fully saturated rings. The van der Waals surface area contributed by atoms with E-state index in [1.807, 2.05) is 4.90 Å². The fourth-order valence-electron chi connectivity index (χ4n) is 2.76. The van der Waals surface area contributed by atoms with Gasteiger partial charge in [-0.25, -0.2) is 4.98 Å². The normalized spacial score (nSPS) is 27.2. The van der Waals surface area contributed by atoms with Gasteiger partial charge in [0.1, 0.15) is 0 Å². The lowest BCUT2D eigenvalue weighted by molar-refractivity contribution is 0.0619. The van der Waals surface area contributed by atoms with Crippen molar-refractivity contribution in [3.05, 3.63) is 29.8 Å². The van der Waals surface area contributed by atoms with E-state index < -0.39 is 5.95 Å². The highest BCUT2D eigenvalue weighted by Gasteiger charge is 2.39. The van der Waals surface area contributed by atoms with Crippen LogP contribution in [0.25, 0.3) is 0 Å². The number of pyridine rings is 1. The highest BCUT2D eigenvalue weighted by atomic mass is 19.1. The average Bonchev–Trinajstić information content (AvgIpc) is 2.59. The molecule has 2 unspecified atom stereocenters. The molecule has 0 aromatic carbocycles. The van der Waals surface area contributed by atoms with Gasteiger partial charge in [-0.05, 0) is 25.0 Å². The molecule has 1 aromatic rings. The number of halogens is 1. The second-order valence-electron chi connectivity index (χ2n) is 4.63. The summed E-state index contributed by atoms with van der Waals surface area (Å²) in [5.74, 6) is -0.573. The molecule has 90 valence electrons. The summed E-state index contributed by atoms with van der Waals surface area (Å²) in [6, 6.07) is 3.31. The van der Waals surface area contributed by atoms with Crippen LogP contribution in [0.3, 0.4) is 0 Å². The topological polar surface area (TPSA) is 45.2 Å². The third-order valence-corrected chi connectivity index (χ3v) is 3.59. The first-order valence-electron chi connectivity index (χ1n) is 5.90. The van der Waals surface area contributed by atoms with E-state index in [9.17, 15) is 9.18 Å². The third-order valence-electron chi connectivity index (χ3n) is 3.59. The molecule has 1 amide bonds. The van der Waals surface area contributed by atoms with Gasteiger partial charge in [-0.3, -0.25) is 4.79 Å². The lowest BCUT2D eigenvalue weighted by atomic mass is 10.1. The van der Waals surface area contributed by atoms with E-state index in [4.69, 9.17) is 0 Å². The van der Waals surface area contributed by atoms with Gasteiger partial charge < -0.3 is 10.2 Å². The molecule has 1 aromatic heterocycles. The third kappa shape index (κ3) is 1.80. The molecule has 0 radical (unpaired) electrons. The second kappa shape index (κ2) is 4.07. The number of nitrogens with one attached hydrogen (secondary N) is 1. The van der Waals surface area contributed by atoms with Crippen LogP contribution in [0, 0.1) is 5.95 Å². The van der Waals surface area contributed by atoms with Crippen LogP contribution < -0.4 is 5.32 Å². The van der Waals surface area contributed by atoms with Crippen LogP contribution in [0.5, 0.6) is 0 Å². The number of hydrogen-bond donors (Lipinski definition) is 1. The minimum Gasteiger partial charge on any atom is -0.330 e. The van der Waals surface area contributed by atoms with Crippen LogP contribution in [-0.2, 0) is 0 Å². The Bertz CT molecular complexity index is 418. The van der Waals surface area contributed by atoms with Gasteiger partial charge in [0, 0.05) is 31.4 Å². The standard InChI is InChI=1S/C12H14FN3O/c13-11-4-1-8(5-15-11)12(17)16-9-2-3-10(16)7-14-6-9/h1,4-5,9-10,14H,2-3,6-7H2. The Hall–Kier alpha value is -1.49. The van der Waals surface area contributed by atoms with Crippen LogP contribution >= 0.6 is 0 Å². The van der Waals surface area contributed by atoms with Gasteiger partial charge in [-0.15, -0.1) is 0 Å². The van der Waals surface area contributed by atoms with E-state index in [-0.39, 0.29) is 18.0 Å². The molecule has 3 rings (SSSR count). The molecule has 0 aliphatic carbocycles. The van der Waals surface area contributed by atoms with Gasteiger partial charge >= 0.3 is 0 Å². The fraction of sp³-hybridized carbons (Fsp3) is 0.500. The first kappa shape index (κ1) is 10.7. The summed E-state index contributed by atoms with van der Waals surface area (Å²) in [6.45, 7) is 1.72. The highest BCUT2D eigenvalue weighted by molar-refractivity contribution is 5.94. The molecule has 5 heteroatoms. The van der Waals surface area contributed by atoms with E-state index in [1.54, 1.807) is 0 Å². The summed E-state index contributed by atoms with van der Waals surface area (Å²) >= 11 is 0. The van der Waals surface area contributed by atoms with Crippen molar-refractivity contribution in [1.29, 1.82) is 0 Å². The van der Waals surface area contributed by atoms with Gasteiger partial charge in [0.05, 0.1) is 5.56 Å². The van der Waals surface area contributed by atoms with Gasteiger partial charge in [-0.1, -0.05) is 0 Å². The number of carbonyl (C=O) groups excluding carboxylic acids is 1. The number of carbonyl (C=O) groups is 1. The molecule has 2 saturated heterocycles. The first-order chi connectivity index (χ1) is 8.25. The molecule has 2 aliphatic heterocycles. The zero-order valence-electron chi connectivity index (χ0n) is 9.40. The predicted molar refractivity (Wildman–Crippen MR) is 60.0 cm³/mol. The molecule has 1 N–H and O–H groups in total. The molecule has 0 spiro atoms. The Kier molecular flexibility index (Phi) is 2.55. The number of piperazine rings is 1. The van der Waals surface area contributed by atoms with Crippen LogP contribution in [-0.4, -0.2) is 41.0 Å². The van der Waals surface area contributed by atoms with Crippen molar-refractivity contribution in [3.63, 3.8) is 0 Å². The van der Waals surface area contributed by atoms with Crippen molar-refractivity contribution in [3.8, 4) is 0 Å². The number of amides is 1. The Morgan fingerprint density at radius 3 is 2.65 bits per heavy atom. The van der Waals surface area contributed by atoms with E-state index >= 15 is 0 Å². The highest BCUT2D eigenvalue weighted by Crippen LogP contribution is 2.28. The summed E-state index contributed by atoms with van der Waals surface area (Å²) in [7, 11) is 0. The zero-order chi connectivity index (χ0) is 11.8. The SMILES string of the molecule is O=C(c1ccc(F)nc1)N1C2CCC1CNC2. The minimum atomic E-state index is -0.551. The molecule has 4 nitrogen and oxygen atoms in total. The van der Waals surface area contributed by atoms with Crippen molar-refractivity contribution in [1.82, 2.24) is 15.2 Å². The molecular formula is C12H14FN3O. The zero-order valence-corrected chi connectivity index (χ0v) is 9.40. The molecule has 17 heavy (non-hydrogen) atoms. The number of hydrogen-bond acceptors (Lipinski definition) is 3. The van der Waals surface area contributed by atoms with Crippen LogP contribution in [0.1, 0.15) is 23.2 Å². The molecule has 3 heterocycles. The van der Waals surface area contributed by atoms with Crippen LogP contribution in [0.15, 0.2) is 18.3 Å². The smallest absolute Gasteiger partial charge is 0.256 e. The van der Waals surface area contributed by atoms with Crippen LogP contribution in [0.2, 0.25) is 0 Å². The molecule has 2 aliphatic rings. The minimum absolute atomic E-state index is 0.0218. The second-order valence-corrected chi connectivity index (χ2v) is 4.63. The molecule has 2 bridgehead atoms. The molecule has 2 atom stereocenters. The maximum absolute atomic E-state index is 12.7. The summed E-state index contributed by atoms with van der Waals surface area (Å²) in [4.78, 5) is 17.8. The number of nitrogens with zero attached hydrogens (tertiary/aromatic N) is 2. The van der Waals surface area contributed by atoms with Crippen molar-refractivity contribution >= 4 is 5.91 Å². The van der Waals surface area contributed by atoms with Crippen molar-refractivity contribution in [2.45, 2.75) is 24.9 Å². The van der Waals surface area contributed by atoms with E-state index in [2.05, 4.69) is 10.3 Å². The summed E-state index contributed by atoms with van der Waals surface area (Å²) in [6.07, 6.45) is 3.43. The number of aromatic nitrogens is 1. The van der Waals surface area contributed by atoms with E-state index in [0.717, 1.165) is 25.9 Å². The lowest BCUT2D eigenvalue weighted by Gasteiger charge is -2.35. The van der Waals surface area contributed by atoms with E-state index in [0.29, 0.717) is 5.56 Å². The lowest BCUT2D eigenvalue weighted by Crippen LogP contribution is -2.54. The average molecular weight is 235 g/mol. The van der Waals surface area contributed by atoms with Crippen LogP contribution in [0.4, 0.5) is 4.39 Å². The largest absolute Gasteiger partial charge is 0.330 e. The Labute approximate surface area is 98.8 Å². The van der Waals surface area contributed by atoms with E-state index in [1.165, 1.54) is 18.3 Å². The maximum atomic E-state index is 12.7. The Morgan fingerprint density at radius 1 is 1.35 bits per heavy atom. The summed E-state index contributed by atoms with van der Waals surface area (Å²) in [5, 5.41) is 3.32. The maximum Gasteiger partial charge on any atom is 0.256 e. The summed E-state index contributed by atoms with van der Waals surface area (Å²) in [5.41, 5.74) is 0.477. The van der Waals surface area contributed by atoms with Gasteiger partial charge in [0.2, 0.25) is 5.95 Å². The van der Waals surface area contributed by atoms with Gasteiger partial charge in [0.25, 0.3) is 5.91 Å². The Morgan fingerprint density at radius 2 is 2.06 bits per heavy atom. The van der Waals surface area contributed by atoms with Crippen molar-refractivity contribution in [2.75, 3.05) is 13.1 Å². The van der Waals surface area contributed by atoms with Crippen molar-refractivity contribution in [2.24, 2.45) is 0 Å².